The van der Waals surface area contributed by atoms with E-state index < -0.39 is 0 Å². The van der Waals surface area contributed by atoms with Crippen LogP contribution in [-0.4, -0.2) is 23.1 Å². The Morgan fingerprint density at radius 2 is 1.88 bits per heavy atom. The first-order valence-corrected chi connectivity index (χ1v) is 10.6. The zero-order valence-electron chi connectivity index (χ0n) is 15.2. The summed E-state index contributed by atoms with van der Waals surface area (Å²) < 4.78 is 0. The van der Waals surface area contributed by atoms with Gasteiger partial charge in [0.15, 0.2) is 0 Å². The fourth-order valence-electron chi connectivity index (χ4n) is 4.26. The Morgan fingerprint density at radius 3 is 2.58 bits per heavy atom. The van der Waals surface area contributed by atoms with Crippen LogP contribution in [0.15, 0.2) is 34.3 Å². The van der Waals surface area contributed by atoms with Crippen LogP contribution < -0.4 is 10.6 Å². The molecule has 138 valence electrons. The molecule has 0 amide bonds. The van der Waals surface area contributed by atoms with Gasteiger partial charge in [-0.05, 0) is 50.2 Å². The molecule has 6 heteroatoms. The van der Waals surface area contributed by atoms with Gasteiger partial charge >= 0.3 is 0 Å². The molecule has 4 rings (SSSR count). The molecule has 0 atom stereocenters. The average Bonchev–Trinajstić information content (AvgIpc) is 3.09. The van der Waals surface area contributed by atoms with Gasteiger partial charge in [0.1, 0.15) is 10.8 Å². The first kappa shape index (κ1) is 17.9. The van der Waals surface area contributed by atoms with Crippen molar-refractivity contribution in [1.29, 1.82) is 0 Å². The van der Waals surface area contributed by atoms with E-state index in [1.165, 1.54) is 50.3 Å². The summed E-state index contributed by atoms with van der Waals surface area (Å²) in [5.74, 6) is 0.998. The lowest BCUT2D eigenvalue weighted by molar-refractivity contribution is 0.226. The lowest BCUT2D eigenvalue weighted by Crippen LogP contribution is -2.39. The Kier molecular flexibility index (Phi) is 5.02. The predicted molar refractivity (Wildman–Crippen MR) is 109 cm³/mol. The van der Waals surface area contributed by atoms with E-state index in [1.807, 2.05) is 31.3 Å². The van der Waals surface area contributed by atoms with Gasteiger partial charge in [0.05, 0.1) is 22.6 Å². The Balaban J connectivity index is 1.47. The topological polar surface area (TPSA) is 55.0 Å². The van der Waals surface area contributed by atoms with E-state index in [9.17, 15) is 0 Å². The maximum atomic E-state index is 6.31. The van der Waals surface area contributed by atoms with E-state index in [-0.39, 0.29) is 0 Å². The van der Waals surface area contributed by atoms with Crippen LogP contribution >= 0.6 is 23.4 Å². The largest absolute Gasteiger partial charge is 0.397 e. The molecule has 1 aromatic carbocycles. The summed E-state index contributed by atoms with van der Waals surface area (Å²) in [6, 6.07) is 5.68. The molecule has 1 saturated carbocycles. The van der Waals surface area contributed by atoms with E-state index in [4.69, 9.17) is 22.3 Å². The minimum absolute atomic E-state index is 0.584. The number of anilines is 2. The van der Waals surface area contributed by atoms with Crippen molar-refractivity contribution in [1.82, 2.24) is 9.97 Å². The second-order valence-corrected chi connectivity index (χ2v) is 8.98. The maximum absolute atomic E-state index is 6.31. The van der Waals surface area contributed by atoms with Crippen LogP contribution in [0.4, 0.5) is 11.5 Å². The molecule has 1 spiro atoms. The third kappa shape index (κ3) is 3.52. The van der Waals surface area contributed by atoms with Crippen LogP contribution in [0, 0.1) is 12.3 Å². The molecule has 0 radical (unpaired) electrons. The summed E-state index contributed by atoms with van der Waals surface area (Å²) in [4.78, 5) is 12.8. The maximum Gasteiger partial charge on any atom is 0.147 e. The van der Waals surface area contributed by atoms with Crippen molar-refractivity contribution in [2.24, 2.45) is 5.41 Å². The van der Waals surface area contributed by atoms with Crippen LogP contribution in [0.5, 0.6) is 0 Å². The van der Waals surface area contributed by atoms with E-state index >= 15 is 0 Å². The van der Waals surface area contributed by atoms with Crippen molar-refractivity contribution in [3.63, 3.8) is 0 Å². The number of benzene rings is 1. The van der Waals surface area contributed by atoms with Crippen molar-refractivity contribution in [3.05, 3.63) is 35.1 Å². The van der Waals surface area contributed by atoms with Crippen LogP contribution in [0.1, 0.15) is 44.2 Å². The molecule has 1 aromatic heterocycles. The molecule has 2 fully saturated rings. The van der Waals surface area contributed by atoms with E-state index in [0.717, 1.165) is 34.5 Å². The molecule has 26 heavy (non-hydrogen) atoms. The third-order valence-electron chi connectivity index (χ3n) is 5.90. The number of hydrogen-bond acceptors (Lipinski definition) is 5. The molecular formula is C20H25ClN4S. The lowest BCUT2D eigenvalue weighted by Gasteiger charge is -2.39. The molecule has 0 bridgehead atoms. The summed E-state index contributed by atoms with van der Waals surface area (Å²) in [6.07, 6.45) is 10.2. The van der Waals surface area contributed by atoms with Crippen molar-refractivity contribution < 1.29 is 0 Å². The van der Waals surface area contributed by atoms with Gasteiger partial charge in [-0.15, -0.1) is 0 Å². The highest BCUT2D eigenvalue weighted by Crippen LogP contribution is 2.46. The number of rotatable bonds is 3. The Labute approximate surface area is 164 Å². The Hall–Kier alpha value is -1.46. The average molecular weight is 389 g/mol. The normalized spacial score (nSPS) is 19.2. The standard InChI is InChI=1S/C20H25ClN4S/c1-14-19(26-16-6-4-5-15(22)18(16)21)23-13-17(24-14)25-11-9-20(10-12-25)7-2-3-8-20/h4-6,13H,2-3,7-12,22H2,1H3. The molecule has 2 heterocycles. The lowest BCUT2D eigenvalue weighted by atomic mass is 9.77. The minimum atomic E-state index is 0.584. The van der Waals surface area contributed by atoms with Crippen molar-refractivity contribution in [3.8, 4) is 0 Å². The summed E-state index contributed by atoms with van der Waals surface area (Å²) in [6.45, 7) is 4.21. The van der Waals surface area contributed by atoms with Gasteiger partial charge in [0.25, 0.3) is 0 Å². The van der Waals surface area contributed by atoms with E-state index in [1.54, 1.807) is 0 Å². The molecule has 1 aliphatic carbocycles. The smallest absolute Gasteiger partial charge is 0.147 e. The third-order valence-corrected chi connectivity index (χ3v) is 7.59. The fourth-order valence-corrected chi connectivity index (χ4v) is 5.36. The Morgan fingerprint density at radius 1 is 1.15 bits per heavy atom. The van der Waals surface area contributed by atoms with Gasteiger partial charge in [-0.1, -0.05) is 42.3 Å². The van der Waals surface area contributed by atoms with Crippen LogP contribution in [0.3, 0.4) is 0 Å². The fraction of sp³-hybridized carbons (Fsp3) is 0.500. The van der Waals surface area contributed by atoms with Gasteiger partial charge in [0, 0.05) is 18.0 Å². The number of aryl methyl sites for hydroxylation is 1. The molecule has 0 unspecified atom stereocenters. The highest BCUT2D eigenvalue weighted by atomic mass is 35.5. The predicted octanol–water partition coefficient (Wildman–Crippen LogP) is 5.33. The Bertz CT molecular complexity index is 794. The molecule has 4 nitrogen and oxygen atoms in total. The highest BCUT2D eigenvalue weighted by molar-refractivity contribution is 7.99. The molecular weight excluding hydrogens is 364 g/mol. The van der Waals surface area contributed by atoms with Gasteiger partial charge in [-0.25, -0.2) is 9.97 Å². The van der Waals surface area contributed by atoms with Gasteiger partial charge in [-0.2, -0.15) is 0 Å². The first-order chi connectivity index (χ1) is 12.6. The number of piperidine rings is 1. The van der Waals surface area contributed by atoms with Gasteiger partial charge < -0.3 is 10.6 Å². The van der Waals surface area contributed by atoms with Gasteiger partial charge in [0.2, 0.25) is 0 Å². The van der Waals surface area contributed by atoms with Crippen molar-refractivity contribution in [2.75, 3.05) is 23.7 Å². The molecule has 1 aliphatic heterocycles. The SMILES string of the molecule is Cc1nc(N2CCC3(CCCC3)CC2)cnc1Sc1cccc(N)c1Cl. The zero-order chi connectivity index (χ0) is 18.1. The summed E-state index contributed by atoms with van der Waals surface area (Å²) in [5.41, 5.74) is 8.05. The number of hydrogen-bond donors (Lipinski definition) is 1. The number of nitrogens with zero attached hydrogens (tertiary/aromatic N) is 3. The molecule has 2 aromatic rings. The second-order valence-electron chi connectivity index (χ2n) is 7.57. The van der Waals surface area contributed by atoms with E-state index in [2.05, 4.69) is 9.88 Å². The summed E-state index contributed by atoms with van der Waals surface area (Å²) in [7, 11) is 0. The van der Waals surface area contributed by atoms with Crippen molar-refractivity contribution in [2.45, 2.75) is 55.4 Å². The first-order valence-electron chi connectivity index (χ1n) is 9.37. The molecule has 2 N–H and O–H groups in total. The number of aromatic nitrogens is 2. The number of nitrogen functional groups attached to an aromatic ring is 1. The van der Waals surface area contributed by atoms with Crippen LogP contribution in [0.25, 0.3) is 0 Å². The number of nitrogens with two attached hydrogens (primary N) is 1. The van der Waals surface area contributed by atoms with Crippen LogP contribution in [0.2, 0.25) is 5.02 Å². The van der Waals surface area contributed by atoms with Crippen LogP contribution in [-0.2, 0) is 0 Å². The quantitative estimate of drug-likeness (QED) is 0.720. The van der Waals surface area contributed by atoms with E-state index in [0.29, 0.717) is 16.1 Å². The molecule has 1 saturated heterocycles. The van der Waals surface area contributed by atoms with Gasteiger partial charge in [-0.3, -0.25) is 0 Å². The monoisotopic (exact) mass is 388 g/mol. The second kappa shape index (κ2) is 7.28. The van der Waals surface area contributed by atoms with Crippen molar-refractivity contribution >= 4 is 34.9 Å². The minimum Gasteiger partial charge on any atom is -0.397 e. The number of halogens is 1. The summed E-state index contributed by atoms with van der Waals surface area (Å²) in [5, 5.41) is 1.46. The highest BCUT2D eigenvalue weighted by Gasteiger charge is 2.37. The zero-order valence-corrected chi connectivity index (χ0v) is 16.7. The summed E-state index contributed by atoms with van der Waals surface area (Å²) >= 11 is 7.83. The molecule has 2 aliphatic rings.